The molecule has 0 fully saturated rings. The van der Waals surface area contributed by atoms with E-state index >= 15 is 0 Å². The van der Waals surface area contributed by atoms with Gasteiger partial charge in [-0.2, -0.15) is 0 Å². The molecule has 250 valence electrons. The quantitative estimate of drug-likeness (QED) is 0.172. The van der Waals surface area contributed by atoms with Crippen LogP contribution in [0.4, 0.5) is 0 Å². The molecule has 0 aliphatic carbocycles. The first-order chi connectivity index (χ1) is 23.2. The number of nitrogens with zero attached hydrogens (tertiary/aromatic N) is 2. The third-order valence-electron chi connectivity index (χ3n) is 7.54. The predicted octanol–water partition coefficient (Wildman–Crippen LogP) is 6.05. The third kappa shape index (κ3) is 6.72. The molecule has 4 aromatic rings. The maximum atomic E-state index is 14.3. The summed E-state index contributed by atoms with van der Waals surface area (Å²) in [6.07, 6.45) is 1.66. The zero-order chi connectivity index (χ0) is 33.9. The number of hydrogen-bond donors (Lipinski definition) is 0. The molecule has 2 aliphatic rings. The van der Waals surface area contributed by atoms with E-state index in [4.69, 9.17) is 33.4 Å². The van der Waals surface area contributed by atoms with Crippen molar-refractivity contribution in [1.29, 1.82) is 0 Å². The second-order valence-electron chi connectivity index (χ2n) is 11.2. The van der Waals surface area contributed by atoms with Crippen molar-refractivity contribution < 1.29 is 33.2 Å². The molecule has 1 atom stereocenters. The second kappa shape index (κ2) is 14.3. The summed E-state index contributed by atoms with van der Waals surface area (Å²) in [5.74, 6) is 2.48. The van der Waals surface area contributed by atoms with Gasteiger partial charge in [0.25, 0.3) is 5.56 Å². The van der Waals surface area contributed by atoms with Gasteiger partial charge in [-0.1, -0.05) is 35.6 Å². The smallest absolute Gasteiger partial charge is 0.338 e. The second-order valence-corrected chi connectivity index (χ2v) is 13.1. The fourth-order valence-corrected chi connectivity index (χ4v) is 7.19. The van der Waals surface area contributed by atoms with Crippen LogP contribution in [-0.4, -0.2) is 36.6 Å². The van der Waals surface area contributed by atoms with Crippen LogP contribution in [0.25, 0.3) is 6.08 Å². The van der Waals surface area contributed by atoms with Crippen molar-refractivity contribution in [3.63, 3.8) is 0 Å². The number of fused-ring (bicyclic) bond motifs is 2. The van der Waals surface area contributed by atoms with Crippen LogP contribution in [0.5, 0.6) is 28.7 Å². The van der Waals surface area contributed by atoms with E-state index in [2.05, 4.69) is 15.9 Å². The number of hydrogen-bond acceptors (Lipinski definition) is 10. The lowest BCUT2D eigenvalue weighted by molar-refractivity contribution is -0.139. The number of ether oxygens (including phenoxy) is 6. The number of aromatic nitrogens is 1. The van der Waals surface area contributed by atoms with Crippen molar-refractivity contribution in [2.75, 3.05) is 20.0 Å². The van der Waals surface area contributed by atoms with Crippen molar-refractivity contribution in [3.05, 3.63) is 107 Å². The Morgan fingerprint density at radius 1 is 1.06 bits per heavy atom. The Balaban J connectivity index is 1.41. The lowest BCUT2D eigenvalue weighted by atomic mass is 9.95. The number of allylic oxidation sites excluding steroid dienone is 1. The summed E-state index contributed by atoms with van der Waals surface area (Å²) in [7, 11) is 0. The fraction of sp³-hybridized carbons (Fsp3) is 0.306. The summed E-state index contributed by atoms with van der Waals surface area (Å²) >= 11 is 4.90. The molecule has 0 spiro atoms. The van der Waals surface area contributed by atoms with Crippen LogP contribution in [-0.2, 0) is 16.1 Å². The molecule has 1 aromatic heterocycles. The molecule has 0 radical (unpaired) electrons. The molecule has 48 heavy (non-hydrogen) atoms. The Kier molecular flexibility index (Phi) is 9.93. The maximum absolute atomic E-state index is 14.3. The van der Waals surface area contributed by atoms with Crippen molar-refractivity contribution in [1.82, 2.24) is 4.57 Å². The Labute approximate surface area is 290 Å². The molecule has 6 rings (SSSR count). The zero-order valence-electron chi connectivity index (χ0n) is 27.2. The monoisotopic (exact) mass is 734 g/mol. The van der Waals surface area contributed by atoms with E-state index in [0.29, 0.717) is 71.6 Å². The molecule has 0 bridgehead atoms. The van der Waals surface area contributed by atoms with E-state index in [-0.39, 0.29) is 31.7 Å². The zero-order valence-corrected chi connectivity index (χ0v) is 29.6. The Morgan fingerprint density at radius 3 is 2.62 bits per heavy atom. The highest BCUT2D eigenvalue weighted by Crippen LogP contribution is 2.39. The molecule has 3 aromatic carbocycles. The van der Waals surface area contributed by atoms with Crippen LogP contribution >= 0.6 is 27.3 Å². The van der Waals surface area contributed by atoms with Crippen molar-refractivity contribution in [3.8, 4) is 28.7 Å². The van der Waals surface area contributed by atoms with Gasteiger partial charge in [0.15, 0.2) is 27.8 Å². The number of carbonyl (C=O) groups excluding carboxylic acids is 1. The highest BCUT2D eigenvalue weighted by molar-refractivity contribution is 9.10. The highest BCUT2D eigenvalue weighted by atomic mass is 79.9. The molecule has 0 unspecified atom stereocenters. The number of halogens is 1. The van der Waals surface area contributed by atoms with E-state index in [9.17, 15) is 9.59 Å². The first-order valence-electron chi connectivity index (χ1n) is 15.6. The SMILES string of the molecule is CCOC(=O)C1=C(C)N=c2s/c(=C/c3cc(Br)c(OCc4ccc5c(c4)OCO5)c(OCC)c3)c(=O)n2[C@@H]1c1ccccc1OC(C)C. The molecular weight excluding hydrogens is 700 g/mol. The van der Waals surface area contributed by atoms with Gasteiger partial charge in [-0.05, 0) is 98.1 Å². The van der Waals surface area contributed by atoms with Crippen LogP contribution < -0.4 is 38.6 Å². The minimum absolute atomic E-state index is 0.125. The van der Waals surface area contributed by atoms with Gasteiger partial charge in [0.2, 0.25) is 6.79 Å². The lowest BCUT2D eigenvalue weighted by Gasteiger charge is -2.26. The van der Waals surface area contributed by atoms with Gasteiger partial charge in [-0.15, -0.1) is 0 Å². The summed E-state index contributed by atoms with van der Waals surface area (Å²) in [5, 5.41) is 0. The number of para-hydroxylation sites is 1. The van der Waals surface area contributed by atoms with Gasteiger partial charge in [0.1, 0.15) is 18.4 Å². The first kappa shape index (κ1) is 33.4. The molecule has 2 aliphatic heterocycles. The molecular formula is C36H35BrN2O8S. The molecule has 10 nitrogen and oxygen atoms in total. The van der Waals surface area contributed by atoms with Crippen molar-refractivity contribution >= 4 is 39.3 Å². The topological polar surface area (TPSA) is 107 Å². The molecule has 0 amide bonds. The van der Waals surface area contributed by atoms with E-state index in [1.54, 1.807) is 24.5 Å². The molecule has 0 saturated carbocycles. The first-order valence-corrected chi connectivity index (χ1v) is 17.2. The lowest BCUT2D eigenvalue weighted by Crippen LogP contribution is -2.40. The Hall–Kier alpha value is -4.55. The Morgan fingerprint density at radius 2 is 1.85 bits per heavy atom. The Bertz CT molecular complexity index is 2080. The van der Waals surface area contributed by atoms with Crippen LogP contribution in [0.1, 0.15) is 57.4 Å². The largest absolute Gasteiger partial charge is 0.491 e. The van der Waals surface area contributed by atoms with E-state index in [1.165, 1.54) is 11.3 Å². The minimum atomic E-state index is -0.796. The van der Waals surface area contributed by atoms with Crippen LogP contribution in [0.3, 0.4) is 0 Å². The number of benzene rings is 3. The van der Waals surface area contributed by atoms with Crippen molar-refractivity contribution in [2.24, 2.45) is 4.99 Å². The highest BCUT2D eigenvalue weighted by Gasteiger charge is 2.35. The van der Waals surface area contributed by atoms with E-state index < -0.39 is 12.0 Å². The van der Waals surface area contributed by atoms with Gasteiger partial charge in [0, 0.05) is 5.56 Å². The standard InChI is InChI=1S/C36H35BrN2O8S/c1-6-42-29-16-23(14-25(37)33(29)44-18-22-12-13-27-28(15-22)46-19-45-27)17-30-34(40)39-32(24-10-8-9-11-26(24)47-20(3)4)31(35(41)43-7-2)21(5)38-36(39)48-30/h8-17,20,32H,6-7,18-19H2,1-5H3/b30-17+/t32-/m1/s1. The third-order valence-corrected chi connectivity index (χ3v) is 9.11. The number of esters is 1. The summed E-state index contributed by atoms with van der Waals surface area (Å²) < 4.78 is 37.3. The van der Waals surface area contributed by atoms with Gasteiger partial charge in [0.05, 0.1) is 39.6 Å². The predicted molar refractivity (Wildman–Crippen MR) is 185 cm³/mol. The summed E-state index contributed by atoms with van der Waals surface area (Å²) in [6, 6.07) is 16.0. The van der Waals surface area contributed by atoms with Gasteiger partial charge in [-0.25, -0.2) is 9.79 Å². The average molecular weight is 736 g/mol. The average Bonchev–Trinajstić information content (AvgIpc) is 3.63. The number of thiazole rings is 1. The maximum Gasteiger partial charge on any atom is 0.338 e. The van der Waals surface area contributed by atoms with E-state index in [0.717, 1.165) is 5.56 Å². The van der Waals surface area contributed by atoms with Crippen LogP contribution in [0.15, 0.2) is 80.1 Å². The summed E-state index contributed by atoms with van der Waals surface area (Å²) in [6.45, 7) is 10.3. The van der Waals surface area contributed by atoms with E-state index in [1.807, 2.05) is 75.4 Å². The number of rotatable bonds is 11. The number of carbonyl (C=O) groups is 1. The van der Waals surface area contributed by atoms with Crippen LogP contribution in [0, 0.1) is 0 Å². The molecule has 0 N–H and O–H groups in total. The minimum Gasteiger partial charge on any atom is -0.491 e. The fourth-order valence-electron chi connectivity index (χ4n) is 5.57. The van der Waals surface area contributed by atoms with Gasteiger partial charge >= 0.3 is 5.97 Å². The van der Waals surface area contributed by atoms with Gasteiger partial charge in [-0.3, -0.25) is 9.36 Å². The summed E-state index contributed by atoms with van der Waals surface area (Å²) in [4.78, 5) is 32.8. The molecule has 12 heteroatoms. The van der Waals surface area contributed by atoms with Crippen LogP contribution in [0.2, 0.25) is 0 Å². The summed E-state index contributed by atoms with van der Waals surface area (Å²) in [5.41, 5.74) is 2.77. The van der Waals surface area contributed by atoms with Gasteiger partial charge < -0.3 is 28.4 Å². The normalized spacial score (nSPS) is 15.3. The molecule has 3 heterocycles. The van der Waals surface area contributed by atoms with Crippen molar-refractivity contribution in [2.45, 2.75) is 53.4 Å². The molecule has 0 saturated heterocycles.